The molecule has 0 spiro atoms. The summed E-state index contributed by atoms with van der Waals surface area (Å²) in [5.41, 5.74) is 1.25. The van der Waals surface area contributed by atoms with Crippen LogP contribution in [-0.2, 0) is 6.61 Å². The van der Waals surface area contributed by atoms with E-state index in [0.29, 0.717) is 23.4 Å². The largest absolute Gasteiger partial charge is 0.484 e. The lowest BCUT2D eigenvalue weighted by Gasteiger charge is -2.30. The zero-order valence-corrected chi connectivity index (χ0v) is 15.4. The van der Waals surface area contributed by atoms with E-state index >= 15 is 0 Å². The number of carbonyl (C=O) groups excluding carboxylic acids is 1. The number of benzene rings is 1. The quantitative estimate of drug-likeness (QED) is 0.677. The van der Waals surface area contributed by atoms with Gasteiger partial charge in [0.25, 0.3) is 5.91 Å². The van der Waals surface area contributed by atoms with Gasteiger partial charge in [-0.05, 0) is 37.1 Å². The third kappa shape index (κ3) is 3.94. The van der Waals surface area contributed by atoms with E-state index in [0.717, 1.165) is 23.7 Å². The number of carbonyl (C=O) groups is 1. The number of hydrogen-bond acceptors (Lipinski definition) is 5. The van der Waals surface area contributed by atoms with Crippen molar-refractivity contribution in [2.45, 2.75) is 44.8 Å². The van der Waals surface area contributed by atoms with Crippen LogP contribution >= 0.6 is 0 Å². The Bertz CT molecular complexity index is 931. The van der Waals surface area contributed by atoms with Gasteiger partial charge in [-0.25, -0.2) is 4.98 Å². The Morgan fingerprint density at radius 1 is 1.26 bits per heavy atom. The van der Waals surface area contributed by atoms with Gasteiger partial charge < -0.3 is 14.1 Å². The summed E-state index contributed by atoms with van der Waals surface area (Å²) in [6.45, 7) is 0.173. The van der Waals surface area contributed by atoms with Gasteiger partial charge in [0.05, 0.1) is 5.52 Å². The summed E-state index contributed by atoms with van der Waals surface area (Å²) in [6.07, 6.45) is 8.93. The number of nitrogens with zero attached hydrogens (tertiary/aromatic N) is 3. The highest BCUT2D eigenvalue weighted by Crippen LogP contribution is 2.23. The molecule has 1 amide bonds. The lowest BCUT2D eigenvalue weighted by atomic mass is 9.94. The average molecular weight is 365 g/mol. The molecule has 6 heteroatoms. The van der Waals surface area contributed by atoms with Crippen molar-refractivity contribution < 1.29 is 13.9 Å². The van der Waals surface area contributed by atoms with Crippen molar-refractivity contribution in [3.05, 3.63) is 54.4 Å². The monoisotopic (exact) mass is 365 g/mol. The van der Waals surface area contributed by atoms with Gasteiger partial charge in [0, 0.05) is 24.7 Å². The first-order chi connectivity index (χ1) is 13.2. The van der Waals surface area contributed by atoms with E-state index < -0.39 is 0 Å². The Morgan fingerprint density at radius 3 is 2.96 bits per heavy atom. The number of amides is 1. The van der Waals surface area contributed by atoms with Gasteiger partial charge in [0.15, 0.2) is 12.3 Å². The molecule has 6 nitrogen and oxygen atoms in total. The average Bonchev–Trinajstić information content (AvgIpc) is 3.20. The number of rotatable bonds is 5. The van der Waals surface area contributed by atoms with Crippen LogP contribution in [0, 0.1) is 0 Å². The Hall–Kier alpha value is -2.89. The second kappa shape index (κ2) is 7.78. The maximum absolute atomic E-state index is 12.6. The second-order valence-corrected chi connectivity index (χ2v) is 6.98. The summed E-state index contributed by atoms with van der Waals surface area (Å²) in [4.78, 5) is 23.0. The van der Waals surface area contributed by atoms with E-state index in [4.69, 9.17) is 9.15 Å². The van der Waals surface area contributed by atoms with Crippen LogP contribution in [0.4, 0.5) is 0 Å². The van der Waals surface area contributed by atoms with Crippen molar-refractivity contribution >= 4 is 16.8 Å². The van der Waals surface area contributed by atoms with E-state index in [9.17, 15) is 4.79 Å². The first kappa shape index (κ1) is 17.5. The lowest BCUT2D eigenvalue weighted by molar-refractivity contribution is 0.0690. The SMILES string of the molecule is CN(C(=O)c1coc(COc2ccc3ncccc3c2)n1)C1CCCCC1. The van der Waals surface area contributed by atoms with Crippen molar-refractivity contribution in [3.63, 3.8) is 0 Å². The van der Waals surface area contributed by atoms with Crippen molar-refractivity contribution in [1.29, 1.82) is 0 Å². The molecule has 0 saturated heterocycles. The molecule has 27 heavy (non-hydrogen) atoms. The summed E-state index contributed by atoms with van der Waals surface area (Å²) in [6, 6.07) is 9.87. The molecule has 140 valence electrons. The molecule has 1 aliphatic rings. The summed E-state index contributed by atoms with van der Waals surface area (Å²) in [5, 5.41) is 1.01. The molecule has 4 rings (SSSR count). The Morgan fingerprint density at radius 2 is 2.11 bits per heavy atom. The van der Waals surface area contributed by atoms with Gasteiger partial charge in [-0.15, -0.1) is 0 Å². The Balaban J connectivity index is 1.39. The molecule has 0 N–H and O–H groups in total. The molecule has 3 aromatic rings. The lowest BCUT2D eigenvalue weighted by Crippen LogP contribution is -2.38. The molecular formula is C21H23N3O3. The second-order valence-electron chi connectivity index (χ2n) is 6.98. The molecular weight excluding hydrogens is 342 g/mol. The fourth-order valence-corrected chi connectivity index (χ4v) is 3.58. The summed E-state index contributed by atoms with van der Waals surface area (Å²) >= 11 is 0. The molecule has 1 aromatic carbocycles. The van der Waals surface area contributed by atoms with Crippen molar-refractivity contribution in [1.82, 2.24) is 14.9 Å². The van der Waals surface area contributed by atoms with Gasteiger partial charge in [0.1, 0.15) is 12.0 Å². The van der Waals surface area contributed by atoms with Crippen LogP contribution < -0.4 is 4.74 Å². The summed E-state index contributed by atoms with van der Waals surface area (Å²) in [7, 11) is 1.85. The van der Waals surface area contributed by atoms with Crippen LogP contribution in [0.25, 0.3) is 10.9 Å². The molecule has 0 bridgehead atoms. The Kier molecular flexibility index (Phi) is 5.05. The minimum absolute atomic E-state index is 0.0892. The molecule has 0 unspecified atom stereocenters. The zero-order chi connectivity index (χ0) is 18.6. The van der Waals surface area contributed by atoms with E-state index in [1.807, 2.05) is 37.4 Å². The predicted octanol–water partition coefficient (Wildman–Crippen LogP) is 4.21. The smallest absolute Gasteiger partial charge is 0.275 e. The van der Waals surface area contributed by atoms with Gasteiger partial charge in [-0.2, -0.15) is 0 Å². The molecule has 0 aliphatic heterocycles. The molecule has 2 aromatic heterocycles. The Labute approximate surface area is 158 Å². The van der Waals surface area contributed by atoms with E-state index in [-0.39, 0.29) is 12.5 Å². The first-order valence-corrected chi connectivity index (χ1v) is 9.40. The number of hydrogen-bond donors (Lipinski definition) is 0. The maximum atomic E-state index is 12.6. The van der Waals surface area contributed by atoms with Crippen LogP contribution in [-0.4, -0.2) is 33.9 Å². The fraction of sp³-hybridized carbons (Fsp3) is 0.381. The highest BCUT2D eigenvalue weighted by atomic mass is 16.5. The minimum atomic E-state index is -0.0892. The molecule has 0 radical (unpaired) electrons. The van der Waals surface area contributed by atoms with Crippen LogP contribution in [0.3, 0.4) is 0 Å². The molecule has 1 fully saturated rings. The van der Waals surface area contributed by atoms with E-state index in [2.05, 4.69) is 9.97 Å². The molecule has 0 atom stereocenters. The standard InChI is InChI=1S/C21H23N3O3/c1-24(16-7-3-2-4-8-16)21(25)19-13-27-20(23-19)14-26-17-9-10-18-15(12-17)6-5-11-22-18/h5-6,9-13,16H,2-4,7-8,14H2,1H3. The topological polar surface area (TPSA) is 68.5 Å². The van der Waals surface area contributed by atoms with Gasteiger partial charge in [-0.1, -0.05) is 25.3 Å². The molecule has 1 saturated carbocycles. The van der Waals surface area contributed by atoms with Gasteiger partial charge in [-0.3, -0.25) is 9.78 Å². The summed E-state index contributed by atoms with van der Waals surface area (Å²) in [5.74, 6) is 1.01. The number of oxazole rings is 1. The van der Waals surface area contributed by atoms with E-state index in [1.165, 1.54) is 25.5 Å². The van der Waals surface area contributed by atoms with Gasteiger partial charge >= 0.3 is 0 Å². The van der Waals surface area contributed by atoms with Crippen LogP contribution in [0.1, 0.15) is 48.5 Å². The van der Waals surface area contributed by atoms with Crippen molar-refractivity contribution in [3.8, 4) is 5.75 Å². The normalized spacial score (nSPS) is 15.0. The number of aromatic nitrogens is 2. The van der Waals surface area contributed by atoms with Crippen molar-refractivity contribution in [2.75, 3.05) is 7.05 Å². The molecule has 2 heterocycles. The van der Waals surface area contributed by atoms with Crippen molar-refractivity contribution in [2.24, 2.45) is 0 Å². The molecule has 1 aliphatic carbocycles. The highest BCUT2D eigenvalue weighted by Gasteiger charge is 2.25. The maximum Gasteiger partial charge on any atom is 0.275 e. The van der Waals surface area contributed by atoms with Crippen LogP contribution in [0.2, 0.25) is 0 Å². The third-order valence-electron chi connectivity index (χ3n) is 5.15. The van der Waals surface area contributed by atoms with Crippen LogP contribution in [0.15, 0.2) is 47.2 Å². The minimum Gasteiger partial charge on any atom is -0.484 e. The summed E-state index contributed by atoms with van der Waals surface area (Å²) < 4.78 is 11.2. The first-order valence-electron chi connectivity index (χ1n) is 9.40. The highest BCUT2D eigenvalue weighted by molar-refractivity contribution is 5.92. The van der Waals surface area contributed by atoms with Crippen LogP contribution in [0.5, 0.6) is 5.75 Å². The van der Waals surface area contributed by atoms with Gasteiger partial charge in [0.2, 0.25) is 5.89 Å². The van der Waals surface area contributed by atoms with E-state index in [1.54, 1.807) is 11.1 Å². The third-order valence-corrected chi connectivity index (χ3v) is 5.15. The number of pyridine rings is 1. The zero-order valence-electron chi connectivity index (χ0n) is 15.4. The number of ether oxygens (including phenoxy) is 1. The fourth-order valence-electron chi connectivity index (χ4n) is 3.58. The predicted molar refractivity (Wildman–Crippen MR) is 102 cm³/mol. The number of fused-ring (bicyclic) bond motifs is 1.